The maximum Gasteiger partial charge on any atom is 0.119 e. The van der Waals surface area contributed by atoms with Crippen LogP contribution in [0, 0.1) is 0 Å². The third kappa shape index (κ3) is 8.70. The highest BCUT2D eigenvalue weighted by Crippen LogP contribution is 2.14. The summed E-state index contributed by atoms with van der Waals surface area (Å²) in [6.45, 7) is 9.19. The molecule has 0 spiro atoms. The van der Waals surface area contributed by atoms with Crippen LogP contribution in [0.3, 0.4) is 0 Å². The molecule has 1 aromatic rings. The molecule has 0 aliphatic carbocycles. The third-order valence-electron chi connectivity index (χ3n) is 3.56. The highest BCUT2D eigenvalue weighted by atomic mass is 16.5. The molecule has 0 unspecified atom stereocenters. The average Bonchev–Trinajstić information content (AvgIpc) is 2.60. The van der Waals surface area contributed by atoms with Gasteiger partial charge in [0.2, 0.25) is 0 Å². The molecule has 4 nitrogen and oxygen atoms in total. The lowest BCUT2D eigenvalue weighted by molar-refractivity contribution is 0.414. The minimum absolute atomic E-state index is 0.826. The number of ether oxygens (including phenoxy) is 1. The van der Waals surface area contributed by atoms with E-state index in [-0.39, 0.29) is 0 Å². The lowest BCUT2D eigenvalue weighted by Crippen LogP contribution is -2.15. The number of methoxy groups -OCH3 is 1. The molecule has 0 radical (unpaired) electrons. The zero-order valence-corrected chi connectivity index (χ0v) is 15.6. The first-order valence-corrected chi connectivity index (χ1v) is 8.68. The van der Waals surface area contributed by atoms with Gasteiger partial charge in [0.1, 0.15) is 5.75 Å². The topological polar surface area (TPSA) is 59.3 Å². The Balaban J connectivity index is 2.62. The van der Waals surface area contributed by atoms with Crippen molar-refractivity contribution in [3.63, 3.8) is 0 Å². The zero-order valence-electron chi connectivity index (χ0n) is 15.6. The maximum atomic E-state index is 5.56. The molecule has 0 bridgehead atoms. The molecule has 0 saturated carbocycles. The van der Waals surface area contributed by atoms with E-state index in [0.29, 0.717) is 0 Å². The standard InChI is InChI=1S/C21H31N3O/c1-5-14-23-17(2)15-18(3)24-20(12-13-22)10-6-8-19-9-7-11-21(16-19)25-4/h7,9-13,15-16,23-24H,3,5-6,8,14,22H2,1-2,4H3/b13-12-,17-15-,20-10+. The Morgan fingerprint density at radius 2 is 2.16 bits per heavy atom. The molecule has 1 rings (SSSR count). The molecule has 0 aliphatic rings. The second-order valence-electron chi connectivity index (χ2n) is 5.81. The zero-order chi connectivity index (χ0) is 18.5. The number of nitrogens with two attached hydrogens (primary N) is 1. The Hall–Kier alpha value is -2.62. The van der Waals surface area contributed by atoms with Crippen molar-refractivity contribution in [3.8, 4) is 5.75 Å². The first kappa shape index (κ1) is 20.4. The van der Waals surface area contributed by atoms with Gasteiger partial charge in [-0.15, -0.1) is 0 Å². The van der Waals surface area contributed by atoms with Gasteiger partial charge in [-0.05, 0) is 62.2 Å². The molecule has 0 heterocycles. The predicted octanol–water partition coefficient (Wildman–Crippen LogP) is 3.99. The molecule has 0 fully saturated rings. The summed E-state index contributed by atoms with van der Waals surface area (Å²) in [5, 5.41) is 6.62. The second kappa shape index (κ2) is 11.8. The lowest BCUT2D eigenvalue weighted by Gasteiger charge is -2.10. The van der Waals surface area contributed by atoms with Crippen LogP contribution in [0.15, 0.2) is 72.4 Å². The molecule has 0 aromatic heterocycles. The van der Waals surface area contributed by atoms with Gasteiger partial charge in [0.15, 0.2) is 0 Å². The monoisotopic (exact) mass is 341 g/mol. The number of allylic oxidation sites excluding steroid dienone is 4. The molecule has 0 amide bonds. The Morgan fingerprint density at radius 3 is 2.84 bits per heavy atom. The van der Waals surface area contributed by atoms with Crippen LogP contribution in [0.2, 0.25) is 0 Å². The Kier molecular flexibility index (Phi) is 9.68. The van der Waals surface area contributed by atoms with Gasteiger partial charge in [-0.2, -0.15) is 0 Å². The summed E-state index contributed by atoms with van der Waals surface area (Å²) in [6, 6.07) is 8.13. The van der Waals surface area contributed by atoms with Crippen LogP contribution in [0.4, 0.5) is 0 Å². The molecule has 0 aliphatic heterocycles. The van der Waals surface area contributed by atoms with Crippen LogP contribution >= 0.6 is 0 Å². The number of aryl methyl sites for hydroxylation is 1. The second-order valence-corrected chi connectivity index (χ2v) is 5.81. The van der Waals surface area contributed by atoms with Gasteiger partial charge in [-0.1, -0.05) is 31.7 Å². The molecule has 136 valence electrons. The van der Waals surface area contributed by atoms with E-state index in [4.69, 9.17) is 10.5 Å². The van der Waals surface area contributed by atoms with Gasteiger partial charge in [0.25, 0.3) is 0 Å². The van der Waals surface area contributed by atoms with Crippen molar-refractivity contribution in [1.82, 2.24) is 10.6 Å². The van der Waals surface area contributed by atoms with E-state index in [2.05, 4.69) is 42.3 Å². The van der Waals surface area contributed by atoms with Gasteiger partial charge in [0, 0.05) is 23.6 Å². The van der Waals surface area contributed by atoms with Crippen molar-refractivity contribution in [2.24, 2.45) is 5.73 Å². The van der Waals surface area contributed by atoms with Crippen LogP contribution in [0.5, 0.6) is 5.75 Å². The van der Waals surface area contributed by atoms with Crippen LogP contribution in [0.1, 0.15) is 32.3 Å². The molecule has 0 saturated heterocycles. The highest BCUT2D eigenvalue weighted by molar-refractivity contribution is 5.30. The highest BCUT2D eigenvalue weighted by Gasteiger charge is 1.98. The van der Waals surface area contributed by atoms with Gasteiger partial charge >= 0.3 is 0 Å². The van der Waals surface area contributed by atoms with E-state index in [0.717, 1.165) is 48.6 Å². The Bertz CT molecular complexity index is 630. The van der Waals surface area contributed by atoms with E-state index < -0.39 is 0 Å². The number of rotatable bonds is 11. The maximum absolute atomic E-state index is 5.56. The van der Waals surface area contributed by atoms with Crippen LogP contribution in [-0.4, -0.2) is 13.7 Å². The molecule has 1 aromatic carbocycles. The number of benzene rings is 1. The largest absolute Gasteiger partial charge is 0.497 e. The van der Waals surface area contributed by atoms with E-state index in [1.54, 1.807) is 7.11 Å². The van der Waals surface area contributed by atoms with Crippen molar-refractivity contribution in [2.75, 3.05) is 13.7 Å². The summed E-state index contributed by atoms with van der Waals surface area (Å²) >= 11 is 0. The summed E-state index contributed by atoms with van der Waals surface area (Å²) in [5.74, 6) is 0.884. The SMILES string of the molecule is C=C(/C=C(/C)NCCC)NC(/C=C\N)=C/CCc1cccc(OC)c1. The molecule has 4 heteroatoms. The van der Waals surface area contributed by atoms with Crippen LogP contribution < -0.4 is 21.1 Å². The summed E-state index contributed by atoms with van der Waals surface area (Å²) in [4.78, 5) is 0. The van der Waals surface area contributed by atoms with E-state index >= 15 is 0 Å². The summed E-state index contributed by atoms with van der Waals surface area (Å²) in [6.07, 6.45) is 10.4. The lowest BCUT2D eigenvalue weighted by atomic mass is 10.1. The van der Waals surface area contributed by atoms with Gasteiger partial charge in [0.05, 0.1) is 7.11 Å². The van der Waals surface area contributed by atoms with Gasteiger partial charge in [-0.3, -0.25) is 0 Å². The predicted molar refractivity (Wildman–Crippen MR) is 107 cm³/mol. The fraction of sp³-hybridized carbons (Fsp3) is 0.333. The van der Waals surface area contributed by atoms with Gasteiger partial charge in [-0.25, -0.2) is 0 Å². The molecule has 25 heavy (non-hydrogen) atoms. The van der Waals surface area contributed by atoms with Crippen molar-refractivity contribution >= 4 is 0 Å². The number of nitrogens with one attached hydrogen (secondary N) is 2. The molecule has 0 atom stereocenters. The fourth-order valence-corrected chi connectivity index (χ4v) is 2.34. The van der Waals surface area contributed by atoms with E-state index in [9.17, 15) is 0 Å². The quantitative estimate of drug-likeness (QED) is 0.533. The first-order chi connectivity index (χ1) is 12.1. The molecular formula is C21H31N3O. The Labute approximate surface area is 152 Å². The Morgan fingerprint density at radius 1 is 1.36 bits per heavy atom. The van der Waals surface area contributed by atoms with Crippen LogP contribution in [-0.2, 0) is 6.42 Å². The minimum atomic E-state index is 0.826. The minimum Gasteiger partial charge on any atom is -0.497 e. The van der Waals surface area contributed by atoms with E-state index in [1.807, 2.05) is 31.2 Å². The van der Waals surface area contributed by atoms with E-state index in [1.165, 1.54) is 11.8 Å². The first-order valence-electron chi connectivity index (χ1n) is 8.68. The summed E-state index contributed by atoms with van der Waals surface area (Å²) in [7, 11) is 1.68. The normalized spacial score (nSPS) is 12.3. The number of hydrogen-bond donors (Lipinski definition) is 3. The fourth-order valence-electron chi connectivity index (χ4n) is 2.34. The number of hydrogen-bond acceptors (Lipinski definition) is 4. The van der Waals surface area contributed by atoms with Crippen LogP contribution in [0.25, 0.3) is 0 Å². The molecular weight excluding hydrogens is 310 g/mol. The average molecular weight is 341 g/mol. The summed E-state index contributed by atoms with van der Waals surface area (Å²) in [5.41, 5.74) is 9.65. The van der Waals surface area contributed by atoms with Crippen molar-refractivity contribution < 1.29 is 4.74 Å². The summed E-state index contributed by atoms with van der Waals surface area (Å²) < 4.78 is 5.26. The molecule has 4 N–H and O–H groups in total. The van der Waals surface area contributed by atoms with Crippen molar-refractivity contribution in [2.45, 2.75) is 33.1 Å². The van der Waals surface area contributed by atoms with Gasteiger partial charge < -0.3 is 21.1 Å². The smallest absolute Gasteiger partial charge is 0.119 e. The third-order valence-corrected chi connectivity index (χ3v) is 3.56. The van der Waals surface area contributed by atoms with Crippen molar-refractivity contribution in [1.29, 1.82) is 0 Å². The van der Waals surface area contributed by atoms with Crippen molar-refractivity contribution in [3.05, 3.63) is 77.9 Å².